The maximum Gasteiger partial charge on any atom is 0.125 e. The van der Waals surface area contributed by atoms with Crippen molar-refractivity contribution in [3.63, 3.8) is 0 Å². The highest BCUT2D eigenvalue weighted by Gasteiger charge is 2.14. The summed E-state index contributed by atoms with van der Waals surface area (Å²) < 4.78 is 17.7. The molecule has 1 aromatic heterocycles. The van der Waals surface area contributed by atoms with Crippen molar-refractivity contribution in [2.75, 3.05) is 43.7 Å². The highest BCUT2D eigenvalue weighted by Crippen LogP contribution is 2.30. The van der Waals surface area contributed by atoms with Crippen molar-refractivity contribution in [3.05, 3.63) is 78.4 Å². The van der Waals surface area contributed by atoms with Crippen molar-refractivity contribution in [1.82, 2.24) is 4.98 Å². The molecule has 0 amide bonds. The van der Waals surface area contributed by atoms with E-state index in [4.69, 9.17) is 4.74 Å². The molecule has 0 atom stereocenters. The molecule has 0 unspecified atom stereocenters. The van der Waals surface area contributed by atoms with Crippen LogP contribution < -0.4 is 20.7 Å². The van der Waals surface area contributed by atoms with Gasteiger partial charge in [-0.15, -0.1) is 0 Å². The predicted molar refractivity (Wildman–Crippen MR) is 138 cm³/mol. The van der Waals surface area contributed by atoms with E-state index in [-0.39, 0.29) is 5.82 Å². The molecule has 2 aromatic carbocycles. The lowest BCUT2D eigenvalue weighted by atomic mass is 10.1. The molecule has 0 fully saturated rings. The maximum atomic E-state index is 12.3. The highest BCUT2D eigenvalue weighted by molar-refractivity contribution is 5.58. The molecule has 176 valence electrons. The van der Waals surface area contributed by atoms with Crippen LogP contribution in [0.4, 0.5) is 21.5 Å². The van der Waals surface area contributed by atoms with Gasteiger partial charge in [0, 0.05) is 56.9 Å². The normalized spacial score (nSPS) is 9.88. The van der Waals surface area contributed by atoms with Crippen molar-refractivity contribution in [3.8, 4) is 5.75 Å². The first kappa shape index (κ1) is 28.7. The van der Waals surface area contributed by atoms with Gasteiger partial charge in [0.25, 0.3) is 0 Å². The minimum Gasteiger partial charge on any atom is -0.493 e. The van der Waals surface area contributed by atoms with Crippen LogP contribution in [0.2, 0.25) is 0 Å². The summed E-state index contributed by atoms with van der Waals surface area (Å²) in [6.07, 6.45) is 4.56. The molecule has 1 aliphatic heterocycles. The second-order valence-corrected chi connectivity index (χ2v) is 5.88. The summed E-state index contributed by atoms with van der Waals surface area (Å²) in [7, 11) is 5.57. The Morgan fingerprint density at radius 3 is 1.97 bits per heavy atom. The topological polar surface area (TPSA) is 58.2 Å². The molecule has 0 saturated carbocycles. The highest BCUT2D eigenvalue weighted by atomic mass is 19.1. The molecule has 2 heterocycles. The van der Waals surface area contributed by atoms with Crippen molar-refractivity contribution in [2.24, 2.45) is 0 Å². The number of nitrogens with zero attached hydrogens (tertiary/aromatic N) is 1. The quantitative estimate of drug-likeness (QED) is 0.421. The van der Waals surface area contributed by atoms with E-state index < -0.39 is 0 Å². The van der Waals surface area contributed by atoms with Crippen molar-refractivity contribution >= 4 is 17.1 Å². The molecule has 3 N–H and O–H groups in total. The number of hydrogen-bond acceptors (Lipinski definition) is 5. The van der Waals surface area contributed by atoms with E-state index >= 15 is 0 Å². The Kier molecular flexibility index (Phi) is 16.6. The second kappa shape index (κ2) is 18.5. The van der Waals surface area contributed by atoms with Gasteiger partial charge in [0.2, 0.25) is 0 Å². The van der Waals surface area contributed by atoms with E-state index in [1.807, 2.05) is 72.1 Å². The van der Waals surface area contributed by atoms with E-state index in [0.717, 1.165) is 30.2 Å². The number of pyridine rings is 1. The number of benzene rings is 2. The van der Waals surface area contributed by atoms with Gasteiger partial charge >= 0.3 is 0 Å². The average Bonchev–Trinajstić information content (AvgIpc) is 3.37. The number of nitrogens with one attached hydrogen (secondary N) is 3. The summed E-state index contributed by atoms with van der Waals surface area (Å²) in [5.41, 5.74) is 4.36. The first-order valence-corrected chi connectivity index (χ1v) is 11.1. The van der Waals surface area contributed by atoms with Crippen LogP contribution in [0, 0.1) is 5.82 Å². The third-order valence-corrected chi connectivity index (χ3v) is 4.08. The first-order chi connectivity index (χ1) is 15.7. The average molecular weight is 443 g/mol. The molecule has 32 heavy (non-hydrogen) atoms. The third-order valence-electron chi connectivity index (χ3n) is 4.08. The van der Waals surface area contributed by atoms with E-state index in [1.54, 1.807) is 25.5 Å². The Bertz CT molecular complexity index is 844. The molecule has 0 saturated heterocycles. The van der Waals surface area contributed by atoms with Gasteiger partial charge < -0.3 is 20.7 Å². The predicted octanol–water partition coefficient (Wildman–Crippen LogP) is 6.71. The monoisotopic (exact) mass is 442 g/mol. The van der Waals surface area contributed by atoms with Crippen molar-refractivity contribution in [1.29, 1.82) is 0 Å². The number of rotatable bonds is 3. The maximum absolute atomic E-state index is 12.3. The molecule has 5 nitrogen and oxygen atoms in total. The van der Waals surface area contributed by atoms with Crippen molar-refractivity contribution in [2.45, 2.75) is 34.1 Å². The lowest BCUT2D eigenvalue weighted by Gasteiger charge is -2.04. The zero-order chi connectivity index (χ0) is 24.2. The summed E-state index contributed by atoms with van der Waals surface area (Å²) in [5.74, 6) is 0.832. The van der Waals surface area contributed by atoms with Gasteiger partial charge in [0.1, 0.15) is 11.6 Å². The zero-order valence-corrected chi connectivity index (χ0v) is 20.5. The Labute approximate surface area is 193 Å². The number of halogens is 1. The largest absolute Gasteiger partial charge is 0.493 e. The van der Waals surface area contributed by atoms with E-state index in [1.165, 1.54) is 23.4 Å². The standard InChI is InChI=1S/C9H11NO.C7H8FN.C6H8N2.2C2H6/c1-10-8-3-2-4-9-7(8)5-6-11-9;1-9-7-4-2-3-6(8)5-7;1-7-6-3-2-4-8-5-6;2*1-2/h2-4,10H,5-6H2,1H3;2-5,9H,1H3;2-5,7H,1H3;2*1-2H3. The minimum absolute atomic E-state index is 0.207. The van der Waals surface area contributed by atoms with Gasteiger partial charge in [-0.3, -0.25) is 4.98 Å². The molecule has 0 spiro atoms. The smallest absolute Gasteiger partial charge is 0.125 e. The molecule has 0 bridgehead atoms. The van der Waals surface area contributed by atoms with Gasteiger partial charge in [-0.25, -0.2) is 4.39 Å². The lowest BCUT2D eigenvalue weighted by molar-refractivity contribution is 0.357. The van der Waals surface area contributed by atoms with E-state index in [0.29, 0.717) is 0 Å². The third kappa shape index (κ3) is 10.7. The first-order valence-electron chi connectivity index (χ1n) is 11.1. The molecule has 3 aromatic rings. The summed E-state index contributed by atoms with van der Waals surface area (Å²) in [6.45, 7) is 8.83. The summed E-state index contributed by atoms with van der Waals surface area (Å²) in [6, 6.07) is 16.3. The fourth-order valence-electron chi connectivity index (χ4n) is 2.61. The Morgan fingerprint density at radius 2 is 1.47 bits per heavy atom. The van der Waals surface area contributed by atoms with Gasteiger partial charge in [0.15, 0.2) is 0 Å². The molecular formula is C26H39FN4O. The fraction of sp³-hybridized carbons (Fsp3) is 0.346. The molecule has 1 aliphatic rings. The second-order valence-electron chi connectivity index (χ2n) is 5.88. The SMILES string of the molecule is CC.CC.CNc1cccc(F)c1.CNc1cccc2c1CCO2.CNc1cccnc1. The summed E-state index contributed by atoms with van der Waals surface area (Å²) in [5, 5.41) is 8.94. The van der Waals surface area contributed by atoms with Crippen LogP contribution in [0.5, 0.6) is 5.75 Å². The Morgan fingerprint density at radius 1 is 0.812 bits per heavy atom. The van der Waals surface area contributed by atoms with Gasteiger partial charge in [-0.2, -0.15) is 0 Å². The minimum atomic E-state index is -0.207. The van der Waals surface area contributed by atoms with Gasteiger partial charge in [-0.1, -0.05) is 39.8 Å². The summed E-state index contributed by atoms with van der Waals surface area (Å²) in [4.78, 5) is 3.89. The lowest BCUT2D eigenvalue weighted by Crippen LogP contribution is -1.92. The molecule has 4 rings (SSSR count). The molecule has 0 aliphatic carbocycles. The van der Waals surface area contributed by atoms with Gasteiger partial charge in [0.05, 0.1) is 12.3 Å². The van der Waals surface area contributed by atoms with E-state index in [9.17, 15) is 4.39 Å². The van der Waals surface area contributed by atoms with Crippen LogP contribution >= 0.6 is 0 Å². The van der Waals surface area contributed by atoms with E-state index in [2.05, 4.69) is 27.0 Å². The fourth-order valence-corrected chi connectivity index (χ4v) is 2.61. The number of hydrogen-bond donors (Lipinski definition) is 3. The number of ether oxygens (including phenoxy) is 1. The zero-order valence-electron chi connectivity index (χ0n) is 20.5. The summed E-state index contributed by atoms with van der Waals surface area (Å²) >= 11 is 0. The molecular weight excluding hydrogens is 403 g/mol. The van der Waals surface area contributed by atoms with Crippen LogP contribution in [0.15, 0.2) is 67.0 Å². The van der Waals surface area contributed by atoms with Crippen molar-refractivity contribution < 1.29 is 9.13 Å². The van der Waals surface area contributed by atoms with Gasteiger partial charge in [-0.05, 0) is 42.5 Å². The number of aromatic nitrogens is 1. The van der Waals surface area contributed by atoms with Crippen LogP contribution in [-0.2, 0) is 6.42 Å². The van der Waals surface area contributed by atoms with Crippen LogP contribution in [-0.4, -0.2) is 32.7 Å². The molecule has 0 radical (unpaired) electrons. The number of anilines is 3. The van der Waals surface area contributed by atoms with Crippen LogP contribution in [0.3, 0.4) is 0 Å². The Hall–Kier alpha value is -3.28. The van der Waals surface area contributed by atoms with Crippen LogP contribution in [0.25, 0.3) is 0 Å². The molecule has 6 heteroatoms. The number of fused-ring (bicyclic) bond motifs is 1. The van der Waals surface area contributed by atoms with Crippen LogP contribution in [0.1, 0.15) is 33.3 Å². The Balaban J connectivity index is 0.000000422.